The zero-order valence-corrected chi connectivity index (χ0v) is 25.1. The molecule has 0 bridgehead atoms. The highest BCUT2D eigenvalue weighted by Crippen LogP contribution is 2.42. The Labute approximate surface area is 258 Å². The fourth-order valence-corrected chi connectivity index (χ4v) is 5.98. The van der Waals surface area contributed by atoms with Crippen LogP contribution in [0.15, 0.2) is 104 Å². The normalized spacial score (nSPS) is 11.4. The number of rotatable bonds is 6. The summed E-state index contributed by atoms with van der Waals surface area (Å²) in [5, 5.41) is 14.5. The Morgan fingerprint density at radius 2 is 1.16 bits per heavy atom. The van der Waals surface area contributed by atoms with Gasteiger partial charge in [0.25, 0.3) is 0 Å². The third-order valence-corrected chi connectivity index (χ3v) is 8.02. The van der Waals surface area contributed by atoms with E-state index in [-0.39, 0.29) is 0 Å². The number of benzene rings is 3. The number of hydrogen-bond donors (Lipinski definition) is 1. The molecule has 1 N–H and O–H groups in total. The lowest BCUT2D eigenvalue weighted by Gasteiger charge is -2.36. The summed E-state index contributed by atoms with van der Waals surface area (Å²) in [5.74, 6) is 0. The number of H-pyrrole nitrogens is 1. The van der Waals surface area contributed by atoms with Crippen LogP contribution in [0.3, 0.4) is 0 Å². The Morgan fingerprint density at radius 1 is 0.651 bits per heavy atom. The molecule has 0 fully saturated rings. The molecule has 3 aromatic carbocycles. The van der Waals surface area contributed by atoms with E-state index in [4.69, 9.17) is 28.3 Å². The summed E-state index contributed by atoms with van der Waals surface area (Å²) >= 11 is 12.4. The van der Waals surface area contributed by atoms with Gasteiger partial charge in [-0.2, -0.15) is 10.2 Å². The van der Waals surface area contributed by atoms with Gasteiger partial charge in [-0.1, -0.05) is 128 Å². The van der Waals surface area contributed by atoms with Gasteiger partial charge in [-0.15, -0.1) is 0 Å². The van der Waals surface area contributed by atoms with Gasteiger partial charge in [0.1, 0.15) is 28.5 Å². The van der Waals surface area contributed by atoms with Crippen molar-refractivity contribution in [3.8, 4) is 0 Å². The predicted molar refractivity (Wildman–Crippen MR) is 170 cm³/mol. The van der Waals surface area contributed by atoms with Gasteiger partial charge in [0, 0.05) is 5.69 Å². The molecule has 0 atom stereocenters. The fourth-order valence-electron chi connectivity index (χ4n) is 5.50. The maximum atomic E-state index is 6.54. The number of hydrogen-bond acceptors (Lipinski definition) is 6. The zero-order chi connectivity index (χ0) is 29.8. The Kier molecular flexibility index (Phi) is 8.13. The van der Waals surface area contributed by atoms with Crippen LogP contribution in [0.4, 0.5) is 0 Å². The van der Waals surface area contributed by atoms with Gasteiger partial charge in [-0.3, -0.25) is 5.10 Å². The Hall–Kier alpha value is -4.66. The summed E-state index contributed by atoms with van der Waals surface area (Å²) in [6, 6.07) is 31.3. The lowest BCUT2D eigenvalue weighted by molar-refractivity contribution is 0.468. The molecule has 0 aliphatic rings. The average Bonchev–Trinajstić information content (AvgIpc) is 3.67. The van der Waals surface area contributed by atoms with Gasteiger partial charge in [-0.25, -0.2) is 24.6 Å². The van der Waals surface area contributed by atoms with Crippen LogP contribution in [0.25, 0.3) is 22.1 Å². The summed E-state index contributed by atoms with van der Waals surface area (Å²) in [4.78, 5) is 16.7. The van der Waals surface area contributed by atoms with Crippen LogP contribution in [0.2, 0.25) is 10.3 Å². The molecule has 0 saturated carbocycles. The van der Waals surface area contributed by atoms with E-state index < -0.39 is 5.54 Å². The first kappa shape index (κ1) is 28.5. The molecule has 0 saturated heterocycles. The average molecular weight is 608 g/mol. The first-order chi connectivity index (χ1) is 21.1. The first-order valence-corrected chi connectivity index (χ1v) is 14.7. The fraction of sp³-hybridized carbons (Fsp3) is 0.152. The van der Waals surface area contributed by atoms with Gasteiger partial charge in [0.15, 0.2) is 11.3 Å². The molecule has 0 spiro atoms. The van der Waals surface area contributed by atoms with Gasteiger partial charge >= 0.3 is 0 Å². The van der Waals surface area contributed by atoms with E-state index in [0.717, 1.165) is 51.7 Å². The molecule has 0 radical (unpaired) electrons. The largest absolute Gasteiger partial charge is 0.280 e. The van der Waals surface area contributed by atoms with Crippen LogP contribution in [-0.2, 0) is 18.4 Å². The van der Waals surface area contributed by atoms with Crippen LogP contribution in [0, 0.1) is 0 Å². The monoisotopic (exact) mass is 606 g/mol. The molecule has 0 unspecified atom stereocenters. The van der Waals surface area contributed by atoms with Crippen LogP contribution >= 0.6 is 23.2 Å². The molecule has 7 rings (SSSR count). The summed E-state index contributed by atoms with van der Waals surface area (Å²) in [5.41, 5.74) is 5.76. The van der Waals surface area contributed by atoms with E-state index in [1.165, 1.54) is 12.7 Å². The van der Waals surface area contributed by atoms with Crippen molar-refractivity contribution in [1.82, 2.24) is 39.9 Å². The number of nitrogens with zero attached hydrogens (tertiary/aromatic N) is 7. The third kappa shape index (κ3) is 5.02. The third-order valence-electron chi connectivity index (χ3n) is 7.45. The smallest absolute Gasteiger partial charge is 0.185 e. The molecule has 0 aliphatic carbocycles. The minimum absolute atomic E-state index is 0.427. The Morgan fingerprint density at radius 3 is 1.67 bits per heavy atom. The Balaban J connectivity index is 0.000000229. The lowest BCUT2D eigenvalue weighted by Crippen LogP contribution is -2.38. The summed E-state index contributed by atoms with van der Waals surface area (Å²) in [6.45, 7) is 4.10. The minimum atomic E-state index is -0.729. The molecular weight excluding hydrogens is 579 g/mol. The molecule has 7 aromatic rings. The van der Waals surface area contributed by atoms with Gasteiger partial charge in [-0.05, 0) is 29.5 Å². The maximum absolute atomic E-state index is 6.54. The van der Waals surface area contributed by atoms with E-state index in [9.17, 15) is 0 Å². The van der Waals surface area contributed by atoms with Crippen molar-refractivity contribution in [2.45, 2.75) is 32.2 Å². The highest BCUT2D eigenvalue weighted by Gasteiger charge is 2.41. The van der Waals surface area contributed by atoms with Crippen molar-refractivity contribution in [3.63, 3.8) is 0 Å². The molecule has 8 nitrogen and oxygen atoms in total. The summed E-state index contributed by atoms with van der Waals surface area (Å²) in [7, 11) is 0. The molecule has 0 aliphatic heterocycles. The lowest BCUT2D eigenvalue weighted by atomic mass is 9.77. The van der Waals surface area contributed by atoms with Crippen molar-refractivity contribution in [1.29, 1.82) is 0 Å². The van der Waals surface area contributed by atoms with E-state index in [1.54, 1.807) is 0 Å². The quantitative estimate of drug-likeness (QED) is 0.156. The topological polar surface area (TPSA) is 98.1 Å². The van der Waals surface area contributed by atoms with E-state index in [1.807, 2.05) is 29.8 Å². The highest BCUT2D eigenvalue weighted by atomic mass is 35.5. The molecule has 4 heterocycles. The molecule has 0 amide bonds. The van der Waals surface area contributed by atoms with Crippen LogP contribution in [-0.4, -0.2) is 39.9 Å². The number of nitrogens with one attached hydrogen (secondary N) is 1. The predicted octanol–water partition coefficient (Wildman–Crippen LogP) is 7.45. The van der Waals surface area contributed by atoms with E-state index in [0.29, 0.717) is 21.6 Å². The van der Waals surface area contributed by atoms with Crippen LogP contribution in [0.1, 0.15) is 41.9 Å². The molecule has 10 heteroatoms. The molecule has 4 aromatic heterocycles. The zero-order valence-electron chi connectivity index (χ0n) is 23.6. The Bertz CT molecular complexity index is 1880. The number of aryl methyl sites for hydroxylation is 2. The van der Waals surface area contributed by atoms with Gasteiger partial charge in [0.2, 0.25) is 0 Å². The van der Waals surface area contributed by atoms with E-state index >= 15 is 0 Å². The van der Waals surface area contributed by atoms with Crippen LogP contribution < -0.4 is 0 Å². The van der Waals surface area contributed by atoms with E-state index in [2.05, 4.69) is 110 Å². The second kappa shape index (κ2) is 12.3. The summed E-state index contributed by atoms with van der Waals surface area (Å²) in [6.07, 6.45) is 4.49. The molecule has 214 valence electrons. The maximum Gasteiger partial charge on any atom is 0.185 e. The second-order valence-electron chi connectivity index (χ2n) is 9.80. The van der Waals surface area contributed by atoms with Crippen molar-refractivity contribution >= 4 is 45.3 Å². The summed E-state index contributed by atoms with van der Waals surface area (Å²) < 4.78 is 2.02. The number of halogens is 2. The second-order valence-corrected chi connectivity index (χ2v) is 10.5. The van der Waals surface area contributed by atoms with Crippen molar-refractivity contribution in [2.75, 3.05) is 0 Å². The van der Waals surface area contributed by atoms with Crippen molar-refractivity contribution < 1.29 is 0 Å². The SMILES string of the molecule is CCc1[nH]nc2ncnc(Cl)c12.CCc1nn(C(c2ccccc2)(c2ccccc2)c2ccccc2)c2ncnc(Cl)c12. The van der Waals surface area contributed by atoms with Crippen molar-refractivity contribution in [3.05, 3.63) is 142 Å². The highest BCUT2D eigenvalue weighted by molar-refractivity contribution is 6.34. The number of aromatic amines is 1. The number of fused-ring (bicyclic) bond motifs is 2. The van der Waals surface area contributed by atoms with Crippen molar-refractivity contribution in [2.24, 2.45) is 0 Å². The first-order valence-electron chi connectivity index (χ1n) is 14.0. The van der Waals surface area contributed by atoms with Gasteiger partial charge < -0.3 is 0 Å². The minimum Gasteiger partial charge on any atom is -0.280 e. The standard InChI is InChI=1S/C26H21ClN4.C7H7ClN4/c1-2-22-23-24(27)28-18-29-25(23)31(30-22)26(19-12-6-3-7-13-19,20-14-8-4-9-15-20)21-16-10-5-11-17-21;1-2-4-5-6(8)9-3-10-7(5)12-11-4/h3-18H,2H2,1H3;3H,2H2,1H3,(H,9,10,11,12). The van der Waals surface area contributed by atoms with Crippen LogP contribution in [0.5, 0.6) is 0 Å². The number of aromatic nitrogens is 8. The molecular formula is C33H28Cl2N8. The molecule has 43 heavy (non-hydrogen) atoms. The van der Waals surface area contributed by atoms with Gasteiger partial charge in [0.05, 0.1) is 16.5 Å².